The van der Waals surface area contributed by atoms with Crippen molar-refractivity contribution in [2.24, 2.45) is 0 Å². The Labute approximate surface area is 50.3 Å². The second-order valence-corrected chi connectivity index (χ2v) is 1.88. The third kappa shape index (κ3) is 0.840. The number of carbonyl (C=O) groups excluding carboxylic acids is 1. The van der Waals surface area contributed by atoms with Crippen LogP contribution >= 0.6 is 11.5 Å². The van der Waals surface area contributed by atoms with E-state index in [2.05, 4.69) is 4.37 Å². The van der Waals surface area contributed by atoms with Gasteiger partial charge in [0.15, 0.2) is 0 Å². The van der Waals surface area contributed by atoms with Gasteiger partial charge in [0, 0.05) is 5.38 Å². The number of hydrogen-bond acceptors (Lipinski definition) is 3. The van der Waals surface area contributed by atoms with Crippen molar-refractivity contribution < 1.29 is 4.79 Å². The van der Waals surface area contributed by atoms with Crippen LogP contribution in [0.15, 0.2) is 11.4 Å². The first kappa shape index (κ1) is 5.24. The summed E-state index contributed by atoms with van der Waals surface area (Å²) in [6, 6.07) is 1.53. The zero-order valence-corrected chi connectivity index (χ0v) is 4.73. The Hall–Kier alpha value is -0.900. The molecule has 0 spiro atoms. The molecular formula is C4H3N2OS. The molecule has 0 fully saturated rings. The van der Waals surface area contributed by atoms with Crippen LogP contribution in [0.2, 0.25) is 0 Å². The fourth-order valence-electron chi connectivity index (χ4n) is 0.330. The average Bonchev–Trinajstić information content (AvgIpc) is 2.12. The molecule has 1 aromatic heterocycles. The molecule has 1 amide bonds. The highest BCUT2D eigenvalue weighted by Crippen LogP contribution is 1.97. The Balaban J connectivity index is 2.93. The van der Waals surface area contributed by atoms with Gasteiger partial charge in [-0.1, -0.05) is 0 Å². The fourth-order valence-corrected chi connectivity index (χ4v) is 0.838. The number of rotatable bonds is 1. The summed E-state index contributed by atoms with van der Waals surface area (Å²) >= 11 is 1.18. The van der Waals surface area contributed by atoms with Crippen LogP contribution < -0.4 is 5.73 Å². The molecule has 0 aliphatic carbocycles. The molecule has 0 saturated heterocycles. The number of aromatic nitrogens is 1. The van der Waals surface area contributed by atoms with E-state index in [4.69, 9.17) is 5.73 Å². The Bertz CT molecular complexity index is 182. The van der Waals surface area contributed by atoms with Gasteiger partial charge in [-0.05, 0) is 17.6 Å². The van der Waals surface area contributed by atoms with Gasteiger partial charge in [-0.15, -0.1) is 0 Å². The maximum Gasteiger partial charge on any atom is 0.289 e. The first-order chi connectivity index (χ1) is 3.80. The second-order valence-electron chi connectivity index (χ2n) is 1.21. The summed E-state index contributed by atoms with van der Waals surface area (Å²) in [4.78, 5) is 10.1. The Morgan fingerprint density at radius 1 is 1.88 bits per heavy atom. The summed E-state index contributed by atoms with van der Waals surface area (Å²) in [5.41, 5.74) is 6.77. The van der Waals surface area contributed by atoms with Crippen LogP contribution in [-0.2, 0) is 0 Å². The Morgan fingerprint density at radius 2 is 2.62 bits per heavy atom. The van der Waals surface area contributed by atoms with Crippen molar-refractivity contribution in [3.05, 3.63) is 17.1 Å². The SMILES string of the molecule is [NH]C(=O)c1ccsn1. The van der Waals surface area contributed by atoms with Crippen molar-refractivity contribution >= 4 is 17.4 Å². The third-order valence-electron chi connectivity index (χ3n) is 0.670. The molecule has 0 aromatic carbocycles. The van der Waals surface area contributed by atoms with E-state index in [0.29, 0.717) is 0 Å². The number of nitrogens with zero attached hydrogens (tertiary/aromatic N) is 1. The maximum atomic E-state index is 10.1. The molecule has 0 bridgehead atoms. The lowest BCUT2D eigenvalue weighted by atomic mass is 10.4. The van der Waals surface area contributed by atoms with Crippen LogP contribution in [0.5, 0.6) is 0 Å². The highest BCUT2D eigenvalue weighted by molar-refractivity contribution is 7.03. The lowest BCUT2D eigenvalue weighted by Crippen LogP contribution is -1.97. The lowest BCUT2D eigenvalue weighted by molar-refractivity contribution is 0.0988. The van der Waals surface area contributed by atoms with Crippen molar-refractivity contribution in [3.8, 4) is 0 Å². The van der Waals surface area contributed by atoms with Crippen LogP contribution in [0, 0.1) is 0 Å². The molecule has 0 saturated carbocycles. The topological polar surface area (TPSA) is 53.8 Å². The molecule has 4 heteroatoms. The number of hydrogen-bond donors (Lipinski definition) is 0. The van der Waals surface area contributed by atoms with Gasteiger partial charge < -0.3 is 0 Å². The second kappa shape index (κ2) is 1.92. The molecule has 0 atom stereocenters. The molecule has 8 heavy (non-hydrogen) atoms. The number of nitrogens with one attached hydrogen (secondary N) is 1. The molecule has 1 rings (SSSR count). The Morgan fingerprint density at radius 3 is 2.88 bits per heavy atom. The van der Waals surface area contributed by atoms with E-state index in [9.17, 15) is 4.79 Å². The van der Waals surface area contributed by atoms with E-state index < -0.39 is 5.91 Å². The molecule has 1 aromatic rings. The van der Waals surface area contributed by atoms with E-state index in [1.165, 1.54) is 17.6 Å². The largest absolute Gasteiger partial charge is 0.289 e. The van der Waals surface area contributed by atoms with E-state index in [-0.39, 0.29) is 5.69 Å². The minimum Gasteiger partial charge on any atom is -0.266 e. The normalized spacial score (nSPS) is 9.00. The molecule has 0 aliphatic heterocycles. The Kier molecular flexibility index (Phi) is 1.26. The van der Waals surface area contributed by atoms with Crippen molar-refractivity contribution in [3.63, 3.8) is 0 Å². The third-order valence-corrected chi connectivity index (χ3v) is 1.23. The minimum absolute atomic E-state index is 0.231. The summed E-state index contributed by atoms with van der Waals surface area (Å²) in [5, 5.41) is 1.67. The van der Waals surface area contributed by atoms with Gasteiger partial charge in [0.25, 0.3) is 5.91 Å². The molecule has 0 unspecified atom stereocenters. The quantitative estimate of drug-likeness (QED) is 0.553. The molecule has 1 heterocycles. The average molecular weight is 127 g/mol. The van der Waals surface area contributed by atoms with Gasteiger partial charge in [-0.3, -0.25) is 10.5 Å². The predicted octanol–water partition coefficient (Wildman–Crippen LogP) is 0.566. The van der Waals surface area contributed by atoms with Gasteiger partial charge in [0.2, 0.25) is 0 Å². The van der Waals surface area contributed by atoms with Gasteiger partial charge in [-0.2, -0.15) is 4.37 Å². The van der Waals surface area contributed by atoms with E-state index in [1.54, 1.807) is 5.38 Å². The molecule has 41 valence electrons. The maximum absolute atomic E-state index is 10.1. The highest BCUT2D eigenvalue weighted by atomic mass is 32.1. The first-order valence-corrected chi connectivity index (χ1v) is 2.80. The van der Waals surface area contributed by atoms with E-state index >= 15 is 0 Å². The monoisotopic (exact) mass is 127 g/mol. The smallest absolute Gasteiger partial charge is 0.266 e. The molecule has 0 aliphatic rings. The van der Waals surface area contributed by atoms with Crippen LogP contribution in [0.1, 0.15) is 10.5 Å². The van der Waals surface area contributed by atoms with Crippen molar-refractivity contribution in [2.75, 3.05) is 0 Å². The van der Waals surface area contributed by atoms with Crippen molar-refractivity contribution in [2.45, 2.75) is 0 Å². The minimum atomic E-state index is -0.716. The molecule has 3 nitrogen and oxygen atoms in total. The van der Waals surface area contributed by atoms with Crippen LogP contribution in [-0.4, -0.2) is 10.3 Å². The zero-order valence-electron chi connectivity index (χ0n) is 3.92. The van der Waals surface area contributed by atoms with Gasteiger partial charge in [0.05, 0.1) is 0 Å². The summed E-state index contributed by atoms with van der Waals surface area (Å²) in [6.07, 6.45) is 0. The summed E-state index contributed by atoms with van der Waals surface area (Å²) in [7, 11) is 0. The van der Waals surface area contributed by atoms with E-state index in [1.807, 2.05) is 0 Å². The van der Waals surface area contributed by atoms with Gasteiger partial charge >= 0.3 is 0 Å². The van der Waals surface area contributed by atoms with E-state index in [0.717, 1.165) is 0 Å². The number of amides is 1. The van der Waals surface area contributed by atoms with Crippen LogP contribution in [0.25, 0.3) is 0 Å². The van der Waals surface area contributed by atoms with Crippen molar-refractivity contribution in [1.29, 1.82) is 0 Å². The van der Waals surface area contributed by atoms with Gasteiger partial charge in [0.1, 0.15) is 5.69 Å². The molecule has 1 radical (unpaired) electrons. The van der Waals surface area contributed by atoms with Crippen molar-refractivity contribution in [1.82, 2.24) is 10.1 Å². The van der Waals surface area contributed by atoms with Crippen LogP contribution in [0.4, 0.5) is 0 Å². The van der Waals surface area contributed by atoms with Crippen LogP contribution in [0.3, 0.4) is 0 Å². The predicted molar refractivity (Wildman–Crippen MR) is 29.5 cm³/mol. The first-order valence-electron chi connectivity index (χ1n) is 1.97. The number of carbonyl (C=O) groups is 1. The lowest BCUT2D eigenvalue weighted by Gasteiger charge is -1.76. The highest BCUT2D eigenvalue weighted by Gasteiger charge is 1.99. The zero-order chi connectivity index (χ0) is 5.98. The standard InChI is InChI=1S/C4H3N2OS/c5-4(7)3-1-2-8-6-3/h1-2,5H. The van der Waals surface area contributed by atoms with Gasteiger partial charge in [-0.25, -0.2) is 0 Å². The fraction of sp³-hybridized carbons (Fsp3) is 0. The summed E-state index contributed by atoms with van der Waals surface area (Å²) < 4.78 is 3.62. The summed E-state index contributed by atoms with van der Waals surface area (Å²) in [5.74, 6) is -0.716. The summed E-state index contributed by atoms with van der Waals surface area (Å²) in [6.45, 7) is 0. The molecular weight excluding hydrogens is 124 g/mol. The molecule has 1 N–H and O–H groups in total.